The predicted molar refractivity (Wildman–Crippen MR) is 88.0 cm³/mol. The predicted octanol–water partition coefficient (Wildman–Crippen LogP) is 1.08. The lowest BCUT2D eigenvalue weighted by molar-refractivity contribution is 0.247. The summed E-state index contributed by atoms with van der Waals surface area (Å²) in [5.74, 6) is 0.987. The van der Waals surface area contributed by atoms with E-state index in [-0.39, 0.29) is 0 Å². The van der Waals surface area contributed by atoms with Gasteiger partial charge in [-0.3, -0.25) is 14.6 Å². The third-order valence-corrected chi connectivity index (χ3v) is 4.29. The van der Waals surface area contributed by atoms with Gasteiger partial charge in [-0.25, -0.2) is 9.97 Å². The van der Waals surface area contributed by atoms with Crippen LogP contribution in [0.2, 0.25) is 0 Å². The highest BCUT2D eigenvalue weighted by atomic mass is 15.3. The van der Waals surface area contributed by atoms with Crippen molar-refractivity contribution in [1.29, 1.82) is 0 Å². The maximum atomic E-state index is 4.48. The normalized spacial score (nSPS) is 16.1. The summed E-state index contributed by atoms with van der Waals surface area (Å²) in [6, 6.07) is 6.07. The van der Waals surface area contributed by atoms with E-state index < -0.39 is 0 Å². The van der Waals surface area contributed by atoms with E-state index in [1.807, 2.05) is 31.6 Å². The van der Waals surface area contributed by atoms with E-state index in [4.69, 9.17) is 0 Å². The first-order chi connectivity index (χ1) is 11.3. The molecule has 0 aliphatic carbocycles. The van der Waals surface area contributed by atoms with Crippen LogP contribution in [0.1, 0.15) is 5.69 Å². The van der Waals surface area contributed by atoms with Crippen molar-refractivity contribution in [2.24, 2.45) is 7.05 Å². The van der Waals surface area contributed by atoms with Crippen molar-refractivity contribution in [3.63, 3.8) is 0 Å². The Morgan fingerprint density at radius 1 is 1.04 bits per heavy atom. The zero-order valence-corrected chi connectivity index (χ0v) is 13.1. The second kappa shape index (κ2) is 5.92. The number of nitrogens with zero attached hydrogens (tertiary/aromatic N) is 7. The number of piperazine rings is 1. The van der Waals surface area contributed by atoms with Crippen LogP contribution in [0.15, 0.2) is 36.9 Å². The van der Waals surface area contributed by atoms with Gasteiger partial charge in [-0.05, 0) is 12.1 Å². The van der Waals surface area contributed by atoms with Crippen LogP contribution in [-0.4, -0.2) is 55.8 Å². The molecule has 1 aliphatic rings. The largest absolute Gasteiger partial charge is 0.353 e. The molecule has 0 atom stereocenters. The fraction of sp³-hybridized carbons (Fsp3) is 0.375. The van der Waals surface area contributed by atoms with Crippen molar-refractivity contribution >= 4 is 16.9 Å². The molecule has 0 N–H and O–H groups in total. The Morgan fingerprint density at radius 2 is 1.91 bits per heavy atom. The molecule has 0 unspecified atom stereocenters. The summed E-state index contributed by atoms with van der Waals surface area (Å²) >= 11 is 0. The Kier molecular flexibility index (Phi) is 3.63. The highest BCUT2D eigenvalue weighted by Gasteiger charge is 2.21. The third kappa shape index (κ3) is 2.75. The van der Waals surface area contributed by atoms with Crippen LogP contribution >= 0.6 is 0 Å². The lowest BCUT2D eigenvalue weighted by Gasteiger charge is -2.35. The molecule has 3 aromatic rings. The standard InChI is InChI=1S/C16H19N7/c1-21-15-14(10-20-21)16(19-12-18-15)23-8-6-22(7-9-23)11-13-4-2-3-5-17-13/h2-5,10,12H,6-9,11H2,1H3. The SMILES string of the molecule is Cn1ncc2c(N3CCN(Cc4ccccn4)CC3)ncnc21. The molecule has 0 aromatic carbocycles. The molecule has 0 spiro atoms. The summed E-state index contributed by atoms with van der Waals surface area (Å²) in [6.07, 6.45) is 5.33. The zero-order chi connectivity index (χ0) is 15.6. The van der Waals surface area contributed by atoms with E-state index in [0.29, 0.717) is 0 Å². The Bertz CT molecular complexity index is 791. The number of aryl methyl sites for hydroxylation is 1. The molecule has 0 saturated carbocycles. The molecule has 23 heavy (non-hydrogen) atoms. The highest BCUT2D eigenvalue weighted by Crippen LogP contribution is 2.23. The first kappa shape index (κ1) is 14.1. The fourth-order valence-corrected chi connectivity index (χ4v) is 3.04. The van der Waals surface area contributed by atoms with Crippen LogP contribution in [0.25, 0.3) is 11.0 Å². The minimum Gasteiger partial charge on any atom is -0.353 e. The maximum Gasteiger partial charge on any atom is 0.163 e. The van der Waals surface area contributed by atoms with Crippen molar-refractivity contribution in [2.75, 3.05) is 31.1 Å². The number of rotatable bonds is 3. The van der Waals surface area contributed by atoms with E-state index in [1.54, 1.807) is 11.0 Å². The fourth-order valence-electron chi connectivity index (χ4n) is 3.04. The number of hydrogen-bond acceptors (Lipinski definition) is 6. The Labute approximate surface area is 134 Å². The first-order valence-electron chi connectivity index (χ1n) is 7.81. The van der Waals surface area contributed by atoms with Gasteiger partial charge in [0.1, 0.15) is 12.1 Å². The van der Waals surface area contributed by atoms with Crippen molar-refractivity contribution < 1.29 is 0 Å². The zero-order valence-electron chi connectivity index (χ0n) is 13.1. The molecule has 7 heteroatoms. The Hall–Kier alpha value is -2.54. The lowest BCUT2D eigenvalue weighted by atomic mass is 10.2. The second-order valence-corrected chi connectivity index (χ2v) is 5.79. The first-order valence-corrected chi connectivity index (χ1v) is 7.81. The summed E-state index contributed by atoms with van der Waals surface area (Å²) in [4.78, 5) is 18.0. The molecule has 7 nitrogen and oxygen atoms in total. The van der Waals surface area contributed by atoms with Gasteiger partial charge in [0.2, 0.25) is 0 Å². The quantitative estimate of drug-likeness (QED) is 0.721. The van der Waals surface area contributed by atoms with Crippen LogP contribution in [-0.2, 0) is 13.6 Å². The molecular formula is C16H19N7. The summed E-state index contributed by atoms with van der Waals surface area (Å²) in [7, 11) is 1.91. The van der Waals surface area contributed by atoms with Crippen LogP contribution in [0.4, 0.5) is 5.82 Å². The Balaban J connectivity index is 1.47. The van der Waals surface area contributed by atoms with Gasteiger partial charge in [0.15, 0.2) is 5.65 Å². The van der Waals surface area contributed by atoms with Crippen molar-refractivity contribution in [3.05, 3.63) is 42.6 Å². The molecule has 0 radical (unpaired) electrons. The molecule has 3 aromatic heterocycles. The molecule has 1 saturated heterocycles. The van der Waals surface area contributed by atoms with Crippen molar-refractivity contribution in [3.8, 4) is 0 Å². The average Bonchev–Trinajstić information content (AvgIpc) is 2.98. The summed E-state index contributed by atoms with van der Waals surface area (Å²) in [5.41, 5.74) is 2.00. The smallest absolute Gasteiger partial charge is 0.163 e. The second-order valence-electron chi connectivity index (χ2n) is 5.79. The number of hydrogen-bond donors (Lipinski definition) is 0. The van der Waals surface area contributed by atoms with E-state index in [1.165, 1.54) is 0 Å². The summed E-state index contributed by atoms with van der Waals surface area (Å²) in [6.45, 7) is 4.81. The van der Waals surface area contributed by atoms with E-state index >= 15 is 0 Å². The van der Waals surface area contributed by atoms with Gasteiger partial charge in [-0.1, -0.05) is 6.07 Å². The van der Waals surface area contributed by atoms with Crippen LogP contribution in [0, 0.1) is 0 Å². The summed E-state index contributed by atoms with van der Waals surface area (Å²) in [5, 5.41) is 5.31. The van der Waals surface area contributed by atoms with E-state index in [2.05, 4.69) is 35.9 Å². The summed E-state index contributed by atoms with van der Waals surface area (Å²) < 4.78 is 1.79. The van der Waals surface area contributed by atoms with Crippen molar-refractivity contribution in [2.45, 2.75) is 6.54 Å². The third-order valence-electron chi connectivity index (χ3n) is 4.29. The van der Waals surface area contributed by atoms with Gasteiger partial charge in [0, 0.05) is 46.0 Å². The minimum absolute atomic E-state index is 0.880. The monoisotopic (exact) mass is 309 g/mol. The Morgan fingerprint density at radius 3 is 2.70 bits per heavy atom. The van der Waals surface area contributed by atoms with Crippen LogP contribution < -0.4 is 4.90 Å². The van der Waals surface area contributed by atoms with E-state index in [0.717, 1.165) is 55.3 Å². The molecule has 1 fully saturated rings. The van der Waals surface area contributed by atoms with Gasteiger partial charge < -0.3 is 4.90 Å². The number of anilines is 1. The van der Waals surface area contributed by atoms with Gasteiger partial charge in [-0.15, -0.1) is 0 Å². The molecule has 118 valence electrons. The molecule has 1 aliphatic heterocycles. The minimum atomic E-state index is 0.880. The van der Waals surface area contributed by atoms with Crippen LogP contribution in [0.3, 0.4) is 0 Å². The number of fused-ring (bicyclic) bond motifs is 1. The highest BCUT2D eigenvalue weighted by molar-refractivity contribution is 5.86. The van der Waals surface area contributed by atoms with Crippen LogP contribution in [0.5, 0.6) is 0 Å². The lowest BCUT2D eigenvalue weighted by Crippen LogP contribution is -2.46. The van der Waals surface area contributed by atoms with Gasteiger partial charge in [-0.2, -0.15) is 5.10 Å². The molecule has 0 amide bonds. The number of pyridine rings is 1. The molecule has 4 heterocycles. The molecule has 0 bridgehead atoms. The van der Waals surface area contributed by atoms with E-state index in [9.17, 15) is 0 Å². The average molecular weight is 309 g/mol. The van der Waals surface area contributed by atoms with Gasteiger partial charge in [0.25, 0.3) is 0 Å². The van der Waals surface area contributed by atoms with Crippen molar-refractivity contribution in [1.82, 2.24) is 29.6 Å². The van der Waals surface area contributed by atoms with Gasteiger partial charge >= 0.3 is 0 Å². The van der Waals surface area contributed by atoms with Gasteiger partial charge in [0.05, 0.1) is 17.3 Å². The molecular weight excluding hydrogens is 290 g/mol. The topological polar surface area (TPSA) is 63.0 Å². The number of aromatic nitrogens is 5. The molecule has 4 rings (SSSR count). The maximum absolute atomic E-state index is 4.48.